The molecular weight excluding hydrogens is 324 g/mol. The molecule has 0 bridgehead atoms. The van der Waals surface area contributed by atoms with Crippen molar-refractivity contribution in [3.05, 3.63) is 34.6 Å². The first-order valence-electron chi connectivity index (χ1n) is 8.34. The van der Waals surface area contributed by atoms with Crippen molar-refractivity contribution in [3.63, 3.8) is 0 Å². The van der Waals surface area contributed by atoms with Gasteiger partial charge in [0.15, 0.2) is 5.79 Å². The van der Waals surface area contributed by atoms with Gasteiger partial charge in [0, 0.05) is 13.0 Å². The van der Waals surface area contributed by atoms with Gasteiger partial charge in [0.05, 0.1) is 18.6 Å². The summed E-state index contributed by atoms with van der Waals surface area (Å²) >= 11 is 0. The molecule has 2 aromatic rings. The maximum Gasteiger partial charge on any atom is 0.278 e. The molecule has 1 aliphatic heterocycles. The third-order valence-electron chi connectivity index (χ3n) is 4.19. The third-order valence-corrected chi connectivity index (χ3v) is 4.19. The zero-order valence-electron chi connectivity index (χ0n) is 14.4. The summed E-state index contributed by atoms with van der Waals surface area (Å²) in [6.07, 6.45) is 0.684. The van der Waals surface area contributed by atoms with Gasteiger partial charge in [-0.25, -0.2) is 4.68 Å². The quantitative estimate of drug-likeness (QED) is 0.827. The second-order valence-electron chi connectivity index (χ2n) is 6.51. The summed E-state index contributed by atoms with van der Waals surface area (Å²) in [5.41, 5.74) is 0.191. The summed E-state index contributed by atoms with van der Waals surface area (Å²) < 4.78 is 12.2. The highest BCUT2D eigenvalue weighted by atomic mass is 16.7. The first kappa shape index (κ1) is 17.5. The Bertz CT molecular complexity index is 814. The molecule has 1 N–H and O–H groups in total. The van der Waals surface area contributed by atoms with Crippen LogP contribution in [-0.2, 0) is 20.8 Å². The molecule has 8 heteroatoms. The van der Waals surface area contributed by atoms with E-state index in [1.165, 1.54) is 0 Å². The molecule has 1 amide bonds. The van der Waals surface area contributed by atoms with Gasteiger partial charge in [-0.3, -0.25) is 9.59 Å². The Morgan fingerprint density at radius 3 is 2.84 bits per heavy atom. The van der Waals surface area contributed by atoms with E-state index in [4.69, 9.17) is 9.47 Å². The standard InChI is InChI=1S/C17H22N4O4/c1-12(9-17(2)24-7-8-25-17)10-18-15(22)11-21-16(23)13-5-3-4-6-14(13)19-20-21/h3-6,12H,7-11H2,1-2H3,(H,18,22). The second-order valence-corrected chi connectivity index (χ2v) is 6.51. The number of benzene rings is 1. The van der Waals surface area contributed by atoms with Crippen LogP contribution in [0.25, 0.3) is 10.9 Å². The highest BCUT2D eigenvalue weighted by molar-refractivity contribution is 5.78. The Labute approximate surface area is 145 Å². The molecule has 1 saturated heterocycles. The van der Waals surface area contributed by atoms with Gasteiger partial charge in [0.25, 0.3) is 5.56 Å². The fraction of sp³-hybridized carbons (Fsp3) is 0.529. The highest BCUT2D eigenvalue weighted by Crippen LogP contribution is 2.26. The molecule has 1 unspecified atom stereocenters. The van der Waals surface area contributed by atoms with Gasteiger partial charge in [-0.15, -0.1) is 5.10 Å². The number of hydrogen-bond acceptors (Lipinski definition) is 6. The van der Waals surface area contributed by atoms with Crippen LogP contribution in [0.3, 0.4) is 0 Å². The molecule has 1 atom stereocenters. The SMILES string of the molecule is CC(CNC(=O)Cn1nnc2ccccc2c1=O)CC1(C)OCCO1. The number of amides is 1. The van der Waals surface area contributed by atoms with Crippen molar-refractivity contribution in [2.45, 2.75) is 32.6 Å². The molecule has 3 rings (SSSR count). The summed E-state index contributed by atoms with van der Waals surface area (Å²) in [7, 11) is 0. The van der Waals surface area contributed by atoms with E-state index in [2.05, 4.69) is 15.6 Å². The van der Waals surface area contributed by atoms with E-state index in [9.17, 15) is 9.59 Å². The summed E-state index contributed by atoms with van der Waals surface area (Å²) in [4.78, 5) is 24.4. The van der Waals surface area contributed by atoms with E-state index in [1.807, 2.05) is 13.8 Å². The Morgan fingerprint density at radius 2 is 2.08 bits per heavy atom. The van der Waals surface area contributed by atoms with Crippen LogP contribution >= 0.6 is 0 Å². The number of aromatic nitrogens is 3. The van der Waals surface area contributed by atoms with Gasteiger partial charge in [0.2, 0.25) is 5.91 Å². The van der Waals surface area contributed by atoms with E-state index in [0.717, 1.165) is 4.68 Å². The molecule has 0 saturated carbocycles. The fourth-order valence-corrected chi connectivity index (χ4v) is 2.99. The molecule has 0 radical (unpaired) electrons. The molecule has 2 heterocycles. The fourth-order valence-electron chi connectivity index (χ4n) is 2.99. The lowest BCUT2D eigenvalue weighted by atomic mass is 10.0. The van der Waals surface area contributed by atoms with Crippen LogP contribution < -0.4 is 10.9 Å². The van der Waals surface area contributed by atoms with Crippen LogP contribution in [0.5, 0.6) is 0 Å². The number of ether oxygens (including phenoxy) is 2. The molecule has 1 aromatic carbocycles. The van der Waals surface area contributed by atoms with Crippen molar-refractivity contribution in [2.75, 3.05) is 19.8 Å². The molecule has 1 fully saturated rings. The lowest BCUT2D eigenvalue weighted by molar-refractivity contribution is -0.154. The van der Waals surface area contributed by atoms with Crippen LogP contribution in [-0.4, -0.2) is 46.4 Å². The molecule has 1 aromatic heterocycles. The smallest absolute Gasteiger partial charge is 0.278 e. The van der Waals surface area contributed by atoms with Crippen LogP contribution in [0.4, 0.5) is 0 Å². The van der Waals surface area contributed by atoms with E-state index < -0.39 is 5.79 Å². The average molecular weight is 346 g/mol. The van der Waals surface area contributed by atoms with Crippen molar-refractivity contribution in [1.29, 1.82) is 0 Å². The monoisotopic (exact) mass is 346 g/mol. The van der Waals surface area contributed by atoms with Crippen molar-refractivity contribution in [2.24, 2.45) is 5.92 Å². The van der Waals surface area contributed by atoms with Gasteiger partial charge >= 0.3 is 0 Å². The predicted octanol–water partition coefficient (Wildman–Crippen LogP) is 0.697. The van der Waals surface area contributed by atoms with E-state index in [0.29, 0.717) is 37.1 Å². The van der Waals surface area contributed by atoms with Crippen molar-refractivity contribution >= 4 is 16.8 Å². The Balaban J connectivity index is 1.56. The number of nitrogens with zero attached hydrogens (tertiary/aromatic N) is 3. The van der Waals surface area contributed by atoms with Gasteiger partial charge < -0.3 is 14.8 Å². The molecular formula is C17H22N4O4. The summed E-state index contributed by atoms with van der Waals surface area (Å²) in [6.45, 7) is 5.42. The predicted molar refractivity (Wildman–Crippen MR) is 90.9 cm³/mol. The number of carbonyl (C=O) groups is 1. The normalized spacial score (nSPS) is 17.5. The van der Waals surface area contributed by atoms with Crippen LogP contribution in [0.2, 0.25) is 0 Å². The number of nitrogens with one attached hydrogen (secondary N) is 1. The first-order valence-corrected chi connectivity index (χ1v) is 8.34. The van der Waals surface area contributed by atoms with Gasteiger partial charge in [0.1, 0.15) is 12.1 Å². The van der Waals surface area contributed by atoms with E-state index in [1.54, 1.807) is 24.3 Å². The van der Waals surface area contributed by atoms with Crippen molar-refractivity contribution in [1.82, 2.24) is 20.3 Å². The second kappa shape index (κ2) is 7.28. The van der Waals surface area contributed by atoms with Gasteiger partial charge in [-0.1, -0.05) is 24.3 Å². The first-order chi connectivity index (χ1) is 12.0. The average Bonchev–Trinajstić information content (AvgIpc) is 3.02. The zero-order valence-corrected chi connectivity index (χ0v) is 14.4. The van der Waals surface area contributed by atoms with Crippen molar-refractivity contribution < 1.29 is 14.3 Å². The Morgan fingerprint density at radius 1 is 1.36 bits per heavy atom. The third kappa shape index (κ3) is 4.21. The molecule has 134 valence electrons. The Kier molecular flexibility index (Phi) is 5.10. The van der Waals surface area contributed by atoms with Crippen molar-refractivity contribution in [3.8, 4) is 0 Å². The lowest BCUT2D eigenvalue weighted by Crippen LogP contribution is -2.38. The molecule has 1 aliphatic rings. The Hall–Kier alpha value is -2.32. The van der Waals surface area contributed by atoms with Crippen LogP contribution in [0.15, 0.2) is 29.1 Å². The zero-order chi connectivity index (χ0) is 17.9. The molecule has 0 aliphatic carbocycles. The number of hydrogen-bond donors (Lipinski definition) is 1. The number of carbonyl (C=O) groups excluding carboxylic acids is 1. The summed E-state index contributed by atoms with van der Waals surface area (Å²) in [5, 5.41) is 11.1. The number of fused-ring (bicyclic) bond motifs is 1. The summed E-state index contributed by atoms with van der Waals surface area (Å²) in [6, 6.07) is 6.92. The highest BCUT2D eigenvalue weighted by Gasteiger charge is 2.32. The summed E-state index contributed by atoms with van der Waals surface area (Å²) in [5.74, 6) is -0.686. The van der Waals surface area contributed by atoms with Gasteiger partial charge in [-0.2, -0.15) is 0 Å². The lowest BCUT2D eigenvalue weighted by Gasteiger charge is -2.26. The van der Waals surface area contributed by atoms with E-state index >= 15 is 0 Å². The molecule has 8 nitrogen and oxygen atoms in total. The topological polar surface area (TPSA) is 95.3 Å². The maximum atomic E-state index is 12.3. The minimum atomic E-state index is -0.578. The van der Waals surface area contributed by atoms with Gasteiger partial charge in [-0.05, 0) is 25.0 Å². The number of rotatable bonds is 6. The van der Waals surface area contributed by atoms with Crippen LogP contribution in [0, 0.1) is 5.92 Å². The van der Waals surface area contributed by atoms with E-state index in [-0.39, 0.29) is 23.9 Å². The minimum Gasteiger partial charge on any atom is -0.354 e. The molecule has 25 heavy (non-hydrogen) atoms. The largest absolute Gasteiger partial charge is 0.354 e. The molecule has 0 spiro atoms. The minimum absolute atomic E-state index is 0.159. The van der Waals surface area contributed by atoms with Crippen LogP contribution in [0.1, 0.15) is 20.3 Å². The maximum absolute atomic E-state index is 12.3.